The Morgan fingerprint density at radius 1 is 1.56 bits per heavy atom. The molecule has 6 heteroatoms. The predicted octanol–water partition coefficient (Wildman–Crippen LogP) is 3.30. The molecule has 4 nitrogen and oxygen atoms in total. The van der Waals surface area contributed by atoms with Crippen LogP contribution in [0.5, 0.6) is 0 Å². The Bertz CT molecular complexity index is 543. The molecule has 0 saturated heterocycles. The average molecular weight is 327 g/mol. The molecular weight excluding hydrogens is 316 g/mol. The number of nitrogens with zero attached hydrogens (tertiary/aromatic N) is 1. The first-order valence-electron chi connectivity index (χ1n) is 5.18. The van der Waals surface area contributed by atoms with Crippen LogP contribution in [-0.4, -0.2) is 18.0 Å². The third-order valence-corrected chi connectivity index (χ3v) is 3.65. The molecule has 0 saturated carbocycles. The molecule has 0 bridgehead atoms. The molecule has 94 valence electrons. The second-order valence-corrected chi connectivity index (χ2v) is 5.10. The second-order valence-electron chi connectivity index (χ2n) is 3.53. The molecule has 0 aliphatic rings. The van der Waals surface area contributed by atoms with Gasteiger partial charge >= 0.3 is 0 Å². The van der Waals surface area contributed by atoms with Gasteiger partial charge in [-0.15, -0.1) is 11.3 Å². The van der Waals surface area contributed by atoms with Crippen LogP contribution in [-0.2, 0) is 11.3 Å². The van der Waals surface area contributed by atoms with Crippen LogP contribution in [0.25, 0.3) is 0 Å². The van der Waals surface area contributed by atoms with E-state index in [0.29, 0.717) is 12.3 Å². The fraction of sp³-hybridized carbons (Fsp3) is 0.167. The summed E-state index contributed by atoms with van der Waals surface area (Å²) in [5.41, 5.74) is 3.68. The van der Waals surface area contributed by atoms with Gasteiger partial charge in [0.1, 0.15) is 5.69 Å². The van der Waals surface area contributed by atoms with Gasteiger partial charge in [-0.3, -0.25) is 4.79 Å². The zero-order valence-corrected chi connectivity index (χ0v) is 12.0. The Morgan fingerprint density at radius 2 is 2.39 bits per heavy atom. The van der Waals surface area contributed by atoms with Gasteiger partial charge < -0.3 is 10.1 Å². The van der Waals surface area contributed by atoms with E-state index >= 15 is 0 Å². The molecule has 2 rings (SSSR count). The summed E-state index contributed by atoms with van der Waals surface area (Å²) in [4.78, 5) is 15.9. The summed E-state index contributed by atoms with van der Waals surface area (Å²) in [6.07, 6.45) is 0. The first kappa shape index (κ1) is 13.2. The van der Waals surface area contributed by atoms with Crippen LogP contribution in [0, 0.1) is 0 Å². The maximum atomic E-state index is 11.9. The highest BCUT2D eigenvalue weighted by Crippen LogP contribution is 2.26. The van der Waals surface area contributed by atoms with Gasteiger partial charge in [0, 0.05) is 28.2 Å². The maximum absolute atomic E-state index is 11.9. The van der Waals surface area contributed by atoms with Gasteiger partial charge in [-0.05, 0) is 12.1 Å². The molecule has 1 heterocycles. The van der Waals surface area contributed by atoms with Crippen LogP contribution in [0.2, 0.25) is 0 Å². The summed E-state index contributed by atoms with van der Waals surface area (Å²) in [5.74, 6) is -0.216. The Hall–Kier alpha value is -1.24. The van der Waals surface area contributed by atoms with Crippen molar-refractivity contribution < 1.29 is 9.53 Å². The van der Waals surface area contributed by atoms with E-state index in [1.807, 2.05) is 18.2 Å². The number of amides is 1. The smallest absolute Gasteiger partial charge is 0.275 e. The summed E-state index contributed by atoms with van der Waals surface area (Å²) < 4.78 is 6.03. The number of carbonyl (C=O) groups excluding carboxylic acids is 1. The number of hydrogen-bond acceptors (Lipinski definition) is 4. The van der Waals surface area contributed by atoms with E-state index in [1.165, 1.54) is 11.3 Å². The van der Waals surface area contributed by atoms with Crippen LogP contribution >= 0.6 is 27.3 Å². The van der Waals surface area contributed by atoms with Crippen LogP contribution in [0.3, 0.4) is 0 Å². The second kappa shape index (κ2) is 6.08. The van der Waals surface area contributed by atoms with Crippen LogP contribution in [0.1, 0.15) is 16.1 Å². The Kier molecular flexibility index (Phi) is 4.46. The fourth-order valence-electron chi connectivity index (χ4n) is 1.48. The lowest BCUT2D eigenvalue weighted by molar-refractivity contribution is 0.102. The zero-order chi connectivity index (χ0) is 13.0. The molecule has 0 unspecified atom stereocenters. The highest BCUT2D eigenvalue weighted by Gasteiger charge is 2.12. The van der Waals surface area contributed by atoms with Gasteiger partial charge in [0.2, 0.25) is 0 Å². The van der Waals surface area contributed by atoms with Gasteiger partial charge in [-0.2, -0.15) is 0 Å². The molecular formula is C12H11BrN2O2S. The number of hydrogen-bond donors (Lipinski definition) is 1. The summed E-state index contributed by atoms with van der Waals surface area (Å²) in [5, 5.41) is 4.55. The SMILES string of the molecule is COCc1c(Br)cccc1NC(=O)c1cscn1. The van der Waals surface area contributed by atoms with Crippen molar-refractivity contribution in [2.24, 2.45) is 0 Å². The van der Waals surface area contributed by atoms with Gasteiger partial charge in [0.15, 0.2) is 0 Å². The number of carbonyl (C=O) groups is 1. The summed E-state index contributed by atoms with van der Waals surface area (Å²) in [6.45, 7) is 0.425. The molecule has 0 aliphatic carbocycles. The van der Waals surface area contributed by atoms with E-state index in [-0.39, 0.29) is 5.91 Å². The standard InChI is InChI=1S/C12H11BrN2O2S/c1-17-5-8-9(13)3-2-4-10(8)15-12(16)11-6-18-7-14-11/h2-4,6-7H,5H2,1H3,(H,15,16). The summed E-state index contributed by atoms with van der Waals surface area (Å²) in [6, 6.07) is 5.61. The van der Waals surface area contributed by atoms with Crippen molar-refractivity contribution in [2.75, 3.05) is 12.4 Å². The van der Waals surface area contributed by atoms with Crippen molar-refractivity contribution in [3.8, 4) is 0 Å². The molecule has 1 aromatic carbocycles. The highest BCUT2D eigenvalue weighted by molar-refractivity contribution is 9.10. The average Bonchev–Trinajstić information content (AvgIpc) is 2.87. The first-order chi connectivity index (χ1) is 8.72. The van der Waals surface area contributed by atoms with Crippen molar-refractivity contribution in [1.29, 1.82) is 0 Å². The van der Waals surface area contributed by atoms with E-state index in [1.54, 1.807) is 18.0 Å². The zero-order valence-electron chi connectivity index (χ0n) is 9.64. The molecule has 0 aliphatic heterocycles. The van der Waals surface area contributed by atoms with E-state index in [9.17, 15) is 4.79 Å². The molecule has 1 N–H and O–H groups in total. The van der Waals surface area contributed by atoms with Crippen molar-refractivity contribution in [3.05, 3.63) is 44.8 Å². The molecule has 18 heavy (non-hydrogen) atoms. The summed E-state index contributed by atoms with van der Waals surface area (Å²) >= 11 is 4.83. The minimum Gasteiger partial charge on any atom is -0.380 e. The Balaban J connectivity index is 2.23. The van der Waals surface area contributed by atoms with Crippen LogP contribution < -0.4 is 5.32 Å². The normalized spacial score (nSPS) is 10.3. The quantitative estimate of drug-likeness (QED) is 0.937. The Morgan fingerprint density at radius 3 is 3.06 bits per heavy atom. The number of ether oxygens (including phenoxy) is 1. The van der Waals surface area contributed by atoms with E-state index < -0.39 is 0 Å². The predicted molar refractivity (Wildman–Crippen MR) is 74.9 cm³/mol. The number of benzene rings is 1. The fourth-order valence-corrected chi connectivity index (χ4v) is 2.49. The van der Waals surface area contributed by atoms with E-state index in [4.69, 9.17) is 4.74 Å². The molecule has 2 aromatic rings. The molecule has 1 amide bonds. The van der Waals surface area contributed by atoms with Gasteiger partial charge in [-0.1, -0.05) is 22.0 Å². The number of aromatic nitrogens is 1. The maximum Gasteiger partial charge on any atom is 0.275 e. The van der Waals surface area contributed by atoms with Gasteiger partial charge in [0.05, 0.1) is 12.1 Å². The number of methoxy groups -OCH3 is 1. The summed E-state index contributed by atoms with van der Waals surface area (Å²) in [7, 11) is 1.62. The van der Waals surface area contributed by atoms with Crippen LogP contribution in [0.4, 0.5) is 5.69 Å². The largest absolute Gasteiger partial charge is 0.380 e. The number of nitrogens with one attached hydrogen (secondary N) is 1. The van der Waals surface area contributed by atoms with Gasteiger partial charge in [0.25, 0.3) is 5.91 Å². The van der Waals surface area contributed by atoms with Crippen LogP contribution in [0.15, 0.2) is 33.6 Å². The first-order valence-corrected chi connectivity index (χ1v) is 6.92. The number of anilines is 1. The monoisotopic (exact) mass is 326 g/mol. The lowest BCUT2D eigenvalue weighted by Crippen LogP contribution is -2.14. The minimum atomic E-state index is -0.216. The van der Waals surface area contributed by atoms with Gasteiger partial charge in [-0.25, -0.2) is 4.98 Å². The number of thiazole rings is 1. The topological polar surface area (TPSA) is 51.2 Å². The molecule has 0 radical (unpaired) electrons. The molecule has 1 aromatic heterocycles. The molecule has 0 spiro atoms. The third kappa shape index (κ3) is 2.95. The highest BCUT2D eigenvalue weighted by atomic mass is 79.9. The Labute approximate surface area is 117 Å². The van der Waals surface area contributed by atoms with Crippen molar-refractivity contribution in [3.63, 3.8) is 0 Å². The van der Waals surface area contributed by atoms with E-state index in [0.717, 1.165) is 15.7 Å². The lowest BCUT2D eigenvalue weighted by Gasteiger charge is -2.11. The van der Waals surface area contributed by atoms with Crippen molar-refractivity contribution in [1.82, 2.24) is 4.98 Å². The third-order valence-electron chi connectivity index (χ3n) is 2.32. The molecule has 0 fully saturated rings. The lowest BCUT2D eigenvalue weighted by atomic mass is 10.2. The van der Waals surface area contributed by atoms with Crippen molar-refractivity contribution in [2.45, 2.75) is 6.61 Å². The van der Waals surface area contributed by atoms with E-state index in [2.05, 4.69) is 26.2 Å². The number of rotatable bonds is 4. The number of halogens is 1. The van der Waals surface area contributed by atoms with Crippen molar-refractivity contribution >= 4 is 38.9 Å². The minimum absolute atomic E-state index is 0.216. The molecule has 0 atom stereocenters.